The third kappa shape index (κ3) is 3.48. The number of carbonyl (C=O) groups excluding carboxylic acids is 2. The molecule has 0 aliphatic carbocycles. The molecule has 1 aliphatic rings. The molecule has 1 aromatic carbocycles. The van der Waals surface area contributed by atoms with E-state index in [1.807, 2.05) is 41.9 Å². The number of aryl methyl sites for hydroxylation is 1. The van der Waals surface area contributed by atoms with Crippen LogP contribution in [0.1, 0.15) is 25.5 Å². The lowest BCUT2D eigenvalue weighted by Gasteiger charge is -2.31. The largest absolute Gasteiger partial charge is 0.342 e. The van der Waals surface area contributed by atoms with Gasteiger partial charge in [0.1, 0.15) is 0 Å². The Morgan fingerprint density at radius 2 is 2.12 bits per heavy atom. The van der Waals surface area contributed by atoms with Gasteiger partial charge in [0.15, 0.2) is 0 Å². The van der Waals surface area contributed by atoms with Crippen molar-refractivity contribution in [2.75, 3.05) is 18.4 Å². The molecule has 2 heterocycles. The van der Waals surface area contributed by atoms with E-state index in [1.54, 1.807) is 18.0 Å². The number of nitrogens with one attached hydrogen (secondary N) is 1. The molecular formula is C18H22N4O2. The van der Waals surface area contributed by atoms with Crippen LogP contribution in [0.5, 0.6) is 0 Å². The Balaban J connectivity index is 1.71. The van der Waals surface area contributed by atoms with E-state index in [2.05, 4.69) is 10.4 Å². The molecule has 0 spiro atoms. The van der Waals surface area contributed by atoms with Crippen molar-refractivity contribution in [2.45, 2.75) is 26.7 Å². The summed E-state index contributed by atoms with van der Waals surface area (Å²) in [5, 5.41) is 7.26. The predicted molar refractivity (Wildman–Crippen MR) is 91.9 cm³/mol. The van der Waals surface area contributed by atoms with Crippen molar-refractivity contribution in [1.82, 2.24) is 14.7 Å². The SMILES string of the molecule is CC(=O)N1CCC[C@H](C(=O)Nc2cccc(-n3nccc3C)c2)C1. The highest BCUT2D eigenvalue weighted by molar-refractivity contribution is 5.93. The average molecular weight is 326 g/mol. The molecule has 2 aromatic rings. The maximum atomic E-state index is 12.5. The summed E-state index contributed by atoms with van der Waals surface area (Å²) in [4.78, 5) is 25.8. The molecule has 3 rings (SSSR count). The van der Waals surface area contributed by atoms with Crippen LogP contribution in [-0.2, 0) is 9.59 Å². The number of benzene rings is 1. The van der Waals surface area contributed by atoms with E-state index >= 15 is 0 Å². The smallest absolute Gasteiger partial charge is 0.229 e. The van der Waals surface area contributed by atoms with E-state index in [4.69, 9.17) is 0 Å². The van der Waals surface area contributed by atoms with Gasteiger partial charge in [-0.25, -0.2) is 4.68 Å². The van der Waals surface area contributed by atoms with E-state index in [0.29, 0.717) is 6.54 Å². The fraction of sp³-hybridized carbons (Fsp3) is 0.389. The van der Waals surface area contributed by atoms with E-state index in [9.17, 15) is 9.59 Å². The molecular weight excluding hydrogens is 304 g/mol. The van der Waals surface area contributed by atoms with Crippen LogP contribution < -0.4 is 5.32 Å². The first-order valence-corrected chi connectivity index (χ1v) is 8.22. The fourth-order valence-electron chi connectivity index (χ4n) is 3.08. The maximum Gasteiger partial charge on any atom is 0.229 e. The molecule has 0 unspecified atom stereocenters. The lowest BCUT2D eigenvalue weighted by Crippen LogP contribution is -2.42. The Kier molecular flexibility index (Phi) is 4.64. The summed E-state index contributed by atoms with van der Waals surface area (Å²) >= 11 is 0. The van der Waals surface area contributed by atoms with Crippen molar-refractivity contribution < 1.29 is 9.59 Å². The molecule has 1 aliphatic heterocycles. The third-order valence-electron chi connectivity index (χ3n) is 4.43. The van der Waals surface area contributed by atoms with Gasteiger partial charge in [0.25, 0.3) is 0 Å². The average Bonchev–Trinajstić information content (AvgIpc) is 3.01. The van der Waals surface area contributed by atoms with E-state index < -0.39 is 0 Å². The van der Waals surface area contributed by atoms with Crippen LogP contribution in [0.3, 0.4) is 0 Å². The van der Waals surface area contributed by atoms with Crippen LogP contribution in [0.4, 0.5) is 5.69 Å². The van der Waals surface area contributed by atoms with Gasteiger partial charge in [-0.05, 0) is 44.0 Å². The molecule has 0 saturated carbocycles. The molecule has 1 saturated heterocycles. The molecule has 0 radical (unpaired) electrons. The van der Waals surface area contributed by atoms with E-state index in [0.717, 1.165) is 36.5 Å². The number of likely N-dealkylation sites (tertiary alicyclic amines) is 1. The minimum atomic E-state index is -0.155. The van der Waals surface area contributed by atoms with Crippen LogP contribution in [0.2, 0.25) is 0 Å². The van der Waals surface area contributed by atoms with Crippen molar-refractivity contribution >= 4 is 17.5 Å². The van der Waals surface area contributed by atoms with Crippen LogP contribution in [0.25, 0.3) is 5.69 Å². The highest BCUT2D eigenvalue weighted by Crippen LogP contribution is 2.20. The van der Waals surface area contributed by atoms with Gasteiger partial charge in [-0.1, -0.05) is 6.07 Å². The number of carbonyl (C=O) groups is 2. The first-order chi connectivity index (χ1) is 11.5. The lowest BCUT2D eigenvalue weighted by molar-refractivity contribution is -0.132. The number of piperidine rings is 1. The Morgan fingerprint density at radius 1 is 1.29 bits per heavy atom. The molecule has 1 aromatic heterocycles. The van der Waals surface area contributed by atoms with E-state index in [1.165, 1.54) is 0 Å². The van der Waals surface area contributed by atoms with E-state index in [-0.39, 0.29) is 17.7 Å². The van der Waals surface area contributed by atoms with Gasteiger partial charge in [0.2, 0.25) is 11.8 Å². The second kappa shape index (κ2) is 6.86. The summed E-state index contributed by atoms with van der Waals surface area (Å²) < 4.78 is 1.83. The normalized spacial score (nSPS) is 17.6. The first kappa shape index (κ1) is 16.2. The van der Waals surface area contributed by atoms with Crippen molar-refractivity contribution in [3.63, 3.8) is 0 Å². The molecule has 0 bridgehead atoms. The van der Waals surface area contributed by atoms with Gasteiger partial charge in [0.05, 0.1) is 11.6 Å². The van der Waals surface area contributed by atoms with Crippen LogP contribution in [0, 0.1) is 12.8 Å². The van der Waals surface area contributed by atoms with Crippen molar-refractivity contribution in [2.24, 2.45) is 5.92 Å². The Morgan fingerprint density at radius 3 is 2.83 bits per heavy atom. The predicted octanol–water partition coefficient (Wildman–Crippen LogP) is 2.38. The number of nitrogens with zero attached hydrogens (tertiary/aromatic N) is 3. The summed E-state index contributed by atoms with van der Waals surface area (Å²) in [5.74, 6) is -0.156. The summed E-state index contributed by atoms with van der Waals surface area (Å²) in [6.07, 6.45) is 3.43. The second-order valence-electron chi connectivity index (χ2n) is 6.23. The number of anilines is 1. The molecule has 126 valence electrons. The summed E-state index contributed by atoms with van der Waals surface area (Å²) in [5.41, 5.74) is 2.68. The van der Waals surface area contributed by atoms with Gasteiger partial charge in [-0.2, -0.15) is 5.10 Å². The zero-order valence-electron chi connectivity index (χ0n) is 14.0. The molecule has 1 fully saturated rings. The number of hydrogen-bond acceptors (Lipinski definition) is 3. The molecule has 1 atom stereocenters. The quantitative estimate of drug-likeness (QED) is 0.941. The van der Waals surface area contributed by atoms with Crippen molar-refractivity contribution in [3.05, 3.63) is 42.2 Å². The van der Waals surface area contributed by atoms with Crippen LogP contribution in [-0.4, -0.2) is 39.6 Å². The second-order valence-corrected chi connectivity index (χ2v) is 6.23. The van der Waals surface area contributed by atoms with Crippen LogP contribution >= 0.6 is 0 Å². The molecule has 24 heavy (non-hydrogen) atoms. The van der Waals surface area contributed by atoms with Gasteiger partial charge in [-0.3, -0.25) is 9.59 Å². The molecule has 6 heteroatoms. The Hall–Kier alpha value is -2.63. The maximum absolute atomic E-state index is 12.5. The minimum absolute atomic E-state index is 0.0312. The monoisotopic (exact) mass is 326 g/mol. The van der Waals surface area contributed by atoms with Gasteiger partial charge >= 0.3 is 0 Å². The van der Waals surface area contributed by atoms with Crippen molar-refractivity contribution in [1.29, 1.82) is 0 Å². The number of rotatable bonds is 3. The summed E-state index contributed by atoms with van der Waals surface area (Å²) in [7, 11) is 0. The lowest BCUT2D eigenvalue weighted by atomic mass is 9.97. The Labute approximate surface area is 141 Å². The molecule has 1 N–H and O–H groups in total. The molecule has 6 nitrogen and oxygen atoms in total. The number of hydrogen-bond donors (Lipinski definition) is 1. The highest BCUT2D eigenvalue weighted by Gasteiger charge is 2.27. The first-order valence-electron chi connectivity index (χ1n) is 8.22. The zero-order valence-corrected chi connectivity index (χ0v) is 14.0. The zero-order chi connectivity index (χ0) is 17.1. The number of amides is 2. The fourth-order valence-corrected chi connectivity index (χ4v) is 3.08. The Bertz CT molecular complexity index is 753. The van der Waals surface area contributed by atoms with Gasteiger partial charge in [-0.15, -0.1) is 0 Å². The third-order valence-corrected chi connectivity index (χ3v) is 4.43. The number of aromatic nitrogens is 2. The van der Waals surface area contributed by atoms with Gasteiger partial charge in [0, 0.05) is 37.6 Å². The minimum Gasteiger partial charge on any atom is -0.342 e. The van der Waals surface area contributed by atoms with Crippen molar-refractivity contribution in [3.8, 4) is 5.69 Å². The topological polar surface area (TPSA) is 67.2 Å². The standard InChI is InChI=1S/C18H22N4O2/c1-13-8-9-19-22(13)17-7-3-6-16(11-17)20-18(24)15-5-4-10-21(12-15)14(2)23/h3,6-9,11,15H,4-5,10,12H2,1-2H3,(H,20,24)/t15-/m0/s1. The molecule has 2 amide bonds. The highest BCUT2D eigenvalue weighted by atomic mass is 16.2. The summed E-state index contributed by atoms with van der Waals surface area (Å²) in [6.45, 7) is 4.78. The summed E-state index contributed by atoms with van der Waals surface area (Å²) in [6, 6.07) is 9.56. The van der Waals surface area contributed by atoms with Gasteiger partial charge < -0.3 is 10.2 Å². The van der Waals surface area contributed by atoms with Crippen LogP contribution in [0.15, 0.2) is 36.5 Å².